The zero-order valence-corrected chi connectivity index (χ0v) is 16.0. The molecule has 0 spiro atoms. The van der Waals surface area contributed by atoms with Crippen LogP contribution in [0.2, 0.25) is 0 Å². The van der Waals surface area contributed by atoms with Gasteiger partial charge in [-0.15, -0.1) is 0 Å². The van der Waals surface area contributed by atoms with Crippen LogP contribution >= 0.6 is 0 Å². The van der Waals surface area contributed by atoms with Crippen LogP contribution in [-0.2, 0) is 4.79 Å². The highest BCUT2D eigenvalue weighted by Gasteiger charge is 2.19. The van der Waals surface area contributed by atoms with E-state index >= 15 is 0 Å². The molecule has 2 aromatic heterocycles. The highest BCUT2D eigenvalue weighted by Crippen LogP contribution is 2.30. The number of hydrogen-bond acceptors (Lipinski definition) is 5. The molecule has 1 aromatic carbocycles. The molecule has 3 heterocycles. The van der Waals surface area contributed by atoms with E-state index < -0.39 is 0 Å². The van der Waals surface area contributed by atoms with Crippen LogP contribution in [0.5, 0.6) is 0 Å². The molecule has 3 aromatic rings. The van der Waals surface area contributed by atoms with Gasteiger partial charge in [-0.05, 0) is 42.7 Å². The Hall–Kier alpha value is -3.35. The summed E-state index contributed by atoms with van der Waals surface area (Å²) >= 11 is 0. The molecule has 1 saturated heterocycles. The van der Waals surface area contributed by atoms with Crippen molar-refractivity contribution in [1.29, 1.82) is 0 Å². The molecule has 0 radical (unpaired) electrons. The van der Waals surface area contributed by atoms with Gasteiger partial charge in [-0.2, -0.15) is 0 Å². The van der Waals surface area contributed by atoms with Gasteiger partial charge in [0.1, 0.15) is 5.82 Å². The lowest BCUT2D eigenvalue weighted by atomic mass is 10.0. The Morgan fingerprint density at radius 1 is 1.07 bits per heavy atom. The number of rotatable bonds is 7. The summed E-state index contributed by atoms with van der Waals surface area (Å²) in [6.45, 7) is 2.28. The van der Waals surface area contributed by atoms with Crippen molar-refractivity contribution in [3.8, 4) is 22.4 Å². The van der Waals surface area contributed by atoms with Crippen molar-refractivity contribution in [3.63, 3.8) is 0 Å². The minimum Gasteiger partial charge on any atom is -0.354 e. The number of benzene rings is 1. The molecule has 29 heavy (non-hydrogen) atoms. The van der Waals surface area contributed by atoms with Crippen LogP contribution in [0.15, 0.2) is 55.0 Å². The predicted molar refractivity (Wildman–Crippen MR) is 110 cm³/mol. The van der Waals surface area contributed by atoms with Gasteiger partial charge in [-0.3, -0.25) is 9.78 Å². The third kappa shape index (κ3) is 4.56. The summed E-state index contributed by atoms with van der Waals surface area (Å²) in [5.74, 6) is 0.482. The fourth-order valence-electron chi connectivity index (χ4n) is 3.45. The van der Waals surface area contributed by atoms with E-state index in [4.69, 9.17) is 4.98 Å². The van der Waals surface area contributed by atoms with Crippen LogP contribution in [0.1, 0.15) is 19.3 Å². The molecule has 7 heteroatoms. The Morgan fingerprint density at radius 3 is 2.59 bits per heavy atom. The average Bonchev–Trinajstić information content (AvgIpc) is 3.17. The number of anilines is 1. The molecule has 1 N–H and O–H groups in total. The highest BCUT2D eigenvalue weighted by molar-refractivity contribution is 5.80. The number of hydrogen-bond donors (Lipinski definition) is 1. The van der Waals surface area contributed by atoms with E-state index in [1.165, 1.54) is 12.1 Å². The van der Waals surface area contributed by atoms with E-state index in [0.717, 1.165) is 48.3 Å². The topological polar surface area (TPSA) is 71.0 Å². The zero-order valence-electron chi connectivity index (χ0n) is 16.0. The molecular weight excluding hydrogens is 369 g/mol. The van der Waals surface area contributed by atoms with Crippen molar-refractivity contribution in [2.75, 3.05) is 25.0 Å². The normalized spacial score (nSPS) is 13.7. The third-order valence-corrected chi connectivity index (χ3v) is 4.96. The first-order chi connectivity index (χ1) is 14.2. The number of halogens is 1. The molecular formula is C22H22FN5O. The molecule has 4 rings (SSSR count). The number of likely N-dealkylation sites (tertiary alicyclic amines) is 1. The van der Waals surface area contributed by atoms with E-state index in [2.05, 4.69) is 15.3 Å². The lowest BCUT2D eigenvalue weighted by molar-refractivity contribution is -0.127. The first kappa shape index (κ1) is 19.0. The van der Waals surface area contributed by atoms with Gasteiger partial charge < -0.3 is 10.2 Å². The van der Waals surface area contributed by atoms with E-state index in [0.29, 0.717) is 18.9 Å². The maximum Gasteiger partial charge on any atom is 0.223 e. The maximum atomic E-state index is 13.3. The van der Waals surface area contributed by atoms with E-state index in [1.807, 2.05) is 17.0 Å². The van der Waals surface area contributed by atoms with Crippen LogP contribution in [0.3, 0.4) is 0 Å². The Bertz CT molecular complexity index is 978. The molecule has 0 bridgehead atoms. The van der Waals surface area contributed by atoms with Gasteiger partial charge in [-0.1, -0.05) is 12.1 Å². The molecule has 0 aliphatic carbocycles. The molecule has 6 nitrogen and oxygen atoms in total. The quantitative estimate of drug-likeness (QED) is 0.621. The minimum absolute atomic E-state index is 0.241. The molecule has 1 aliphatic heterocycles. The fourth-order valence-corrected chi connectivity index (χ4v) is 3.45. The molecule has 0 atom stereocenters. The third-order valence-electron chi connectivity index (χ3n) is 4.96. The standard InChI is InChI=1S/C22H22FN5O/c23-18-6-4-16(5-7-18)19-15-26-22(27-21(19)17-8-11-24-12-9-17)25-10-2-14-28-13-1-3-20(28)29/h4-9,11-12,15H,1-3,10,13-14H2,(H,25,26,27). The van der Waals surface area contributed by atoms with Crippen LogP contribution in [0.25, 0.3) is 22.4 Å². The van der Waals surface area contributed by atoms with Crippen molar-refractivity contribution < 1.29 is 9.18 Å². The van der Waals surface area contributed by atoms with Gasteiger partial charge in [0, 0.05) is 55.8 Å². The minimum atomic E-state index is -0.282. The number of pyridine rings is 1. The Labute approximate surface area is 168 Å². The molecule has 1 amide bonds. The molecule has 0 unspecified atom stereocenters. The Morgan fingerprint density at radius 2 is 1.86 bits per heavy atom. The van der Waals surface area contributed by atoms with Gasteiger partial charge in [0.05, 0.1) is 5.69 Å². The summed E-state index contributed by atoms with van der Waals surface area (Å²) in [5.41, 5.74) is 3.33. The van der Waals surface area contributed by atoms with Crippen LogP contribution in [-0.4, -0.2) is 45.4 Å². The summed E-state index contributed by atoms with van der Waals surface area (Å²) in [5, 5.41) is 3.25. The second-order valence-corrected chi connectivity index (χ2v) is 6.96. The van der Waals surface area contributed by atoms with Crippen molar-refractivity contribution >= 4 is 11.9 Å². The summed E-state index contributed by atoms with van der Waals surface area (Å²) in [6, 6.07) is 10.1. The Balaban J connectivity index is 1.52. The second kappa shape index (κ2) is 8.77. The van der Waals surface area contributed by atoms with Gasteiger partial charge in [0.15, 0.2) is 0 Å². The van der Waals surface area contributed by atoms with Gasteiger partial charge >= 0.3 is 0 Å². The van der Waals surface area contributed by atoms with Gasteiger partial charge in [-0.25, -0.2) is 14.4 Å². The van der Waals surface area contributed by atoms with Crippen LogP contribution in [0, 0.1) is 5.82 Å². The summed E-state index contributed by atoms with van der Waals surface area (Å²) in [4.78, 5) is 26.8. The summed E-state index contributed by atoms with van der Waals surface area (Å²) in [7, 11) is 0. The number of carbonyl (C=O) groups is 1. The van der Waals surface area contributed by atoms with Crippen LogP contribution < -0.4 is 5.32 Å². The lowest BCUT2D eigenvalue weighted by Crippen LogP contribution is -2.27. The number of nitrogens with one attached hydrogen (secondary N) is 1. The SMILES string of the molecule is O=C1CCCN1CCCNc1ncc(-c2ccc(F)cc2)c(-c2ccncc2)n1. The van der Waals surface area contributed by atoms with Crippen LogP contribution in [0.4, 0.5) is 10.3 Å². The monoisotopic (exact) mass is 391 g/mol. The van der Waals surface area contributed by atoms with E-state index in [9.17, 15) is 9.18 Å². The predicted octanol–water partition coefficient (Wildman–Crippen LogP) is 3.77. The molecule has 148 valence electrons. The van der Waals surface area contributed by atoms with E-state index in [-0.39, 0.29) is 11.7 Å². The highest BCUT2D eigenvalue weighted by atomic mass is 19.1. The van der Waals surface area contributed by atoms with Crippen molar-refractivity contribution in [1.82, 2.24) is 19.9 Å². The lowest BCUT2D eigenvalue weighted by Gasteiger charge is -2.15. The zero-order chi connectivity index (χ0) is 20.1. The van der Waals surface area contributed by atoms with Gasteiger partial charge in [0.25, 0.3) is 0 Å². The number of carbonyl (C=O) groups excluding carboxylic acids is 1. The number of nitrogens with zero attached hydrogens (tertiary/aromatic N) is 4. The van der Waals surface area contributed by atoms with Gasteiger partial charge in [0.2, 0.25) is 11.9 Å². The first-order valence-corrected chi connectivity index (χ1v) is 9.76. The van der Waals surface area contributed by atoms with Crippen molar-refractivity contribution in [2.45, 2.75) is 19.3 Å². The fraction of sp³-hybridized carbons (Fsp3) is 0.273. The smallest absolute Gasteiger partial charge is 0.223 e. The van der Waals surface area contributed by atoms with Crippen molar-refractivity contribution in [2.24, 2.45) is 0 Å². The van der Waals surface area contributed by atoms with Crippen molar-refractivity contribution in [3.05, 3.63) is 60.8 Å². The first-order valence-electron chi connectivity index (χ1n) is 9.76. The second-order valence-electron chi connectivity index (χ2n) is 6.96. The van der Waals surface area contributed by atoms with E-state index in [1.54, 1.807) is 30.7 Å². The largest absolute Gasteiger partial charge is 0.354 e. The number of amides is 1. The maximum absolute atomic E-state index is 13.3. The summed E-state index contributed by atoms with van der Waals surface area (Å²) in [6.07, 6.45) is 7.63. The average molecular weight is 391 g/mol. The summed E-state index contributed by atoms with van der Waals surface area (Å²) < 4.78 is 13.3. The number of aromatic nitrogens is 3. The molecule has 1 fully saturated rings. The molecule has 1 aliphatic rings. The Kier molecular flexibility index (Phi) is 5.74. The molecule has 0 saturated carbocycles.